The summed E-state index contributed by atoms with van der Waals surface area (Å²) in [4.78, 5) is 9.95. The zero-order valence-electron chi connectivity index (χ0n) is 15.1. The molecule has 2 aromatic rings. The minimum Gasteiger partial charge on any atom is -0.489 e. The summed E-state index contributed by atoms with van der Waals surface area (Å²) in [6.07, 6.45) is 0.718. The predicted octanol–water partition coefficient (Wildman–Crippen LogP) is 3.42. The van der Waals surface area contributed by atoms with Gasteiger partial charge in [0.25, 0.3) is 0 Å². The van der Waals surface area contributed by atoms with E-state index in [1.165, 1.54) is 17.0 Å². The van der Waals surface area contributed by atoms with Crippen LogP contribution in [-0.4, -0.2) is 30.6 Å². The number of aryl methyl sites for hydroxylation is 2. The Morgan fingerprint density at radius 1 is 1.36 bits per heavy atom. The Bertz CT molecular complexity index is 697. The van der Waals surface area contributed by atoms with Gasteiger partial charge in [0, 0.05) is 18.0 Å². The number of halogens is 1. The number of guanidine groups is 1. The van der Waals surface area contributed by atoms with E-state index in [0.29, 0.717) is 24.8 Å². The molecule has 1 heterocycles. The number of aliphatic imine (C=N–C) groups is 1. The number of ether oxygens (including phenoxy) is 1. The van der Waals surface area contributed by atoms with Crippen LogP contribution < -0.4 is 15.4 Å². The van der Waals surface area contributed by atoms with Gasteiger partial charge in [0.15, 0.2) is 5.96 Å². The number of rotatable bonds is 7. The highest BCUT2D eigenvalue weighted by Crippen LogP contribution is 2.16. The molecule has 1 aromatic carbocycles. The number of aromatic nitrogens is 1. The second-order valence-corrected chi connectivity index (χ2v) is 6.95. The van der Waals surface area contributed by atoms with Crippen LogP contribution in [0, 0.1) is 19.7 Å². The molecule has 0 aliphatic carbocycles. The fraction of sp³-hybridized carbons (Fsp3) is 0.444. The first-order chi connectivity index (χ1) is 12.0. The molecule has 2 rings (SSSR count). The van der Waals surface area contributed by atoms with Crippen LogP contribution in [-0.2, 0) is 6.54 Å². The molecule has 1 atom stereocenters. The Hall–Kier alpha value is -2.15. The lowest BCUT2D eigenvalue weighted by Gasteiger charge is -2.19. The van der Waals surface area contributed by atoms with Crippen molar-refractivity contribution in [1.29, 1.82) is 0 Å². The molecule has 25 heavy (non-hydrogen) atoms. The van der Waals surface area contributed by atoms with Gasteiger partial charge in [-0.15, -0.1) is 11.3 Å². The smallest absolute Gasteiger partial charge is 0.191 e. The van der Waals surface area contributed by atoms with Gasteiger partial charge in [-0.1, -0.05) is 13.0 Å². The third-order valence-electron chi connectivity index (χ3n) is 3.75. The van der Waals surface area contributed by atoms with Crippen molar-refractivity contribution in [1.82, 2.24) is 15.6 Å². The number of hydrogen-bond acceptors (Lipinski definition) is 4. The Kier molecular flexibility index (Phi) is 7.18. The first kappa shape index (κ1) is 19.2. The minimum atomic E-state index is -0.299. The van der Waals surface area contributed by atoms with Crippen LogP contribution in [0.5, 0.6) is 5.75 Å². The van der Waals surface area contributed by atoms with E-state index >= 15 is 0 Å². The molecule has 0 amide bonds. The van der Waals surface area contributed by atoms with E-state index in [4.69, 9.17) is 4.74 Å². The minimum absolute atomic E-state index is 0.0790. The Morgan fingerprint density at radius 2 is 2.16 bits per heavy atom. The predicted molar refractivity (Wildman–Crippen MR) is 101 cm³/mol. The van der Waals surface area contributed by atoms with Gasteiger partial charge in [0.2, 0.25) is 0 Å². The highest BCUT2D eigenvalue weighted by atomic mass is 32.1. The van der Waals surface area contributed by atoms with Crippen molar-refractivity contribution >= 4 is 17.3 Å². The van der Waals surface area contributed by atoms with E-state index in [2.05, 4.69) is 27.5 Å². The van der Waals surface area contributed by atoms with Crippen LogP contribution in [0.25, 0.3) is 0 Å². The van der Waals surface area contributed by atoms with Crippen LogP contribution in [0.1, 0.15) is 28.9 Å². The first-order valence-corrected chi connectivity index (χ1v) is 9.13. The largest absolute Gasteiger partial charge is 0.489 e. The molecule has 0 bridgehead atoms. The topological polar surface area (TPSA) is 58.5 Å². The maximum absolute atomic E-state index is 13.3. The van der Waals surface area contributed by atoms with Crippen molar-refractivity contribution in [2.45, 2.75) is 39.8 Å². The lowest BCUT2D eigenvalue weighted by Crippen LogP contribution is -2.42. The molecule has 0 spiro atoms. The highest BCUT2D eigenvalue weighted by molar-refractivity contribution is 7.11. The Morgan fingerprint density at radius 3 is 2.76 bits per heavy atom. The fourth-order valence-electron chi connectivity index (χ4n) is 2.21. The monoisotopic (exact) mass is 364 g/mol. The zero-order chi connectivity index (χ0) is 18.2. The van der Waals surface area contributed by atoms with E-state index in [0.717, 1.165) is 17.1 Å². The molecular formula is C18H25FN4OS. The number of nitrogens with one attached hydrogen (secondary N) is 2. The van der Waals surface area contributed by atoms with E-state index in [9.17, 15) is 4.39 Å². The summed E-state index contributed by atoms with van der Waals surface area (Å²) in [6, 6.07) is 6.19. The molecular weight excluding hydrogens is 339 g/mol. The zero-order valence-corrected chi connectivity index (χ0v) is 15.9. The normalized spacial score (nSPS) is 12.8. The summed E-state index contributed by atoms with van der Waals surface area (Å²) in [7, 11) is 1.72. The standard InChI is InChI=1S/C18H25FN4OS/c1-5-15(24-16-8-6-7-14(19)9-16)10-21-18(20-4)22-11-17-23-12(2)13(3)25-17/h6-9,15H,5,10-11H2,1-4H3,(H2,20,21,22). The lowest BCUT2D eigenvalue weighted by molar-refractivity contribution is 0.199. The van der Waals surface area contributed by atoms with Crippen LogP contribution in [0.15, 0.2) is 29.3 Å². The number of hydrogen-bond donors (Lipinski definition) is 2. The summed E-state index contributed by atoms with van der Waals surface area (Å²) >= 11 is 1.68. The fourth-order valence-corrected chi connectivity index (χ4v) is 3.08. The van der Waals surface area contributed by atoms with Gasteiger partial charge < -0.3 is 15.4 Å². The van der Waals surface area contributed by atoms with Gasteiger partial charge in [-0.3, -0.25) is 4.99 Å². The maximum atomic E-state index is 13.3. The molecule has 5 nitrogen and oxygen atoms in total. The molecule has 0 saturated heterocycles. The van der Waals surface area contributed by atoms with Gasteiger partial charge in [-0.05, 0) is 32.4 Å². The summed E-state index contributed by atoms with van der Waals surface area (Å²) in [5.74, 6) is 0.920. The SMILES string of the molecule is CCC(CNC(=NC)NCc1nc(C)c(C)s1)Oc1cccc(F)c1. The molecule has 0 aliphatic rings. The Labute approximate surface area is 152 Å². The molecule has 2 N–H and O–H groups in total. The van der Waals surface area contributed by atoms with Crippen molar-refractivity contribution in [3.05, 3.63) is 45.7 Å². The van der Waals surface area contributed by atoms with Gasteiger partial charge >= 0.3 is 0 Å². The summed E-state index contributed by atoms with van der Waals surface area (Å²) in [5.41, 5.74) is 1.07. The van der Waals surface area contributed by atoms with Crippen molar-refractivity contribution in [3.63, 3.8) is 0 Å². The third kappa shape index (κ3) is 6.01. The Balaban J connectivity index is 1.83. The quantitative estimate of drug-likeness (QED) is 0.584. The van der Waals surface area contributed by atoms with Crippen molar-refractivity contribution in [2.75, 3.05) is 13.6 Å². The van der Waals surface area contributed by atoms with E-state index < -0.39 is 0 Å². The molecule has 0 radical (unpaired) electrons. The summed E-state index contributed by atoms with van der Waals surface area (Å²) < 4.78 is 19.1. The molecule has 0 aliphatic heterocycles. The number of benzene rings is 1. The van der Waals surface area contributed by atoms with Crippen LogP contribution >= 0.6 is 11.3 Å². The van der Waals surface area contributed by atoms with Crippen LogP contribution in [0.3, 0.4) is 0 Å². The van der Waals surface area contributed by atoms with Gasteiger partial charge in [0.1, 0.15) is 22.7 Å². The first-order valence-electron chi connectivity index (χ1n) is 8.31. The summed E-state index contributed by atoms with van der Waals surface area (Å²) in [5, 5.41) is 7.52. The van der Waals surface area contributed by atoms with Gasteiger partial charge in [0.05, 0.1) is 18.8 Å². The third-order valence-corrected chi connectivity index (χ3v) is 4.83. The van der Waals surface area contributed by atoms with Crippen molar-refractivity contribution in [3.8, 4) is 5.75 Å². The van der Waals surface area contributed by atoms with Crippen LogP contribution in [0.2, 0.25) is 0 Å². The molecule has 7 heteroatoms. The van der Waals surface area contributed by atoms with Gasteiger partial charge in [-0.25, -0.2) is 9.37 Å². The van der Waals surface area contributed by atoms with Crippen LogP contribution in [0.4, 0.5) is 4.39 Å². The molecule has 0 saturated carbocycles. The van der Waals surface area contributed by atoms with Gasteiger partial charge in [-0.2, -0.15) is 0 Å². The molecule has 1 unspecified atom stereocenters. The number of nitrogens with zero attached hydrogens (tertiary/aromatic N) is 2. The average molecular weight is 364 g/mol. The number of thiazole rings is 1. The second kappa shape index (κ2) is 9.36. The summed E-state index contributed by atoms with van der Waals surface area (Å²) in [6.45, 7) is 7.31. The van der Waals surface area contributed by atoms with E-state index in [-0.39, 0.29) is 11.9 Å². The van der Waals surface area contributed by atoms with E-state index in [1.807, 2.05) is 13.8 Å². The highest BCUT2D eigenvalue weighted by Gasteiger charge is 2.10. The van der Waals surface area contributed by atoms with Crippen molar-refractivity contribution < 1.29 is 9.13 Å². The second-order valence-electron chi connectivity index (χ2n) is 5.66. The average Bonchev–Trinajstić information content (AvgIpc) is 2.92. The molecule has 1 aromatic heterocycles. The lowest BCUT2D eigenvalue weighted by atomic mass is 10.2. The maximum Gasteiger partial charge on any atom is 0.191 e. The van der Waals surface area contributed by atoms with Crippen molar-refractivity contribution in [2.24, 2.45) is 4.99 Å². The molecule has 136 valence electrons. The van der Waals surface area contributed by atoms with E-state index in [1.54, 1.807) is 30.5 Å². The molecule has 0 fully saturated rings.